The minimum absolute atomic E-state index is 0.132. The second kappa shape index (κ2) is 11.1. The van der Waals surface area contributed by atoms with Gasteiger partial charge in [0, 0.05) is 13.0 Å². The topological polar surface area (TPSA) is 64.4 Å². The molecular formula is C29H37N3O3. The monoisotopic (exact) mass is 475 g/mol. The van der Waals surface area contributed by atoms with Crippen LogP contribution < -0.4 is 10.3 Å². The molecule has 0 N–H and O–H groups in total. The molecule has 0 spiro atoms. The average molecular weight is 476 g/mol. The van der Waals surface area contributed by atoms with Crippen LogP contribution in [0.1, 0.15) is 71.2 Å². The normalized spacial score (nSPS) is 15.0. The van der Waals surface area contributed by atoms with Crippen LogP contribution >= 0.6 is 0 Å². The van der Waals surface area contributed by atoms with Crippen LogP contribution in [0.3, 0.4) is 0 Å². The van der Waals surface area contributed by atoms with Gasteiger partial charge in [0.15, 0.2) is 0 Å². The zero-order chi connectivity index (χ0) is 24.9. The lowest BCUT2D eigenvalue weighted by Crippen LogP contribution is -2.39. The van der Waals surface area contributed by atoms with Crippen molar-refractivity contribution in [1.29, 1.82) is 0 Å². The fourth-order valence-electron chi connectivity index (χ4n) is 5.26. The van der Waals surface area contributed by atoms with Crippen molar-refractivity contribution in [3.8, 4) is 11.4 Å². The van der Waals surface area contributed by atoms with Gasteiger partial charge in [0.25, 0.3) is 5.56 Å². The van der Waals surface area contributed by atoms with Crippen molar-refractivity contribution in [2.75, 3.05) is 13.7 Å². The predicted molar refractivity (Wildman–Crippen MR) is 140 cm³/mol. The number of hydrogen-bond donors (Lipinski definition) is 0. The smallest absolute Gasteiger partial charge is 0.266 e. The Hall–Kier alpha value is -3.15. The molecule has 35 heavy (non-hydrogen) atoms. The van der Waals surface area contributed by atoms with Gasteiger partial charge in [-0.2, -0.15) is 0 Å². The van der Waals surface area contributed by atoms with E-state index in [1.54, 1.807) is 17.7 Å². The van der Waals surface area contributed by atoms with Crippen molar-refractivity contribution in [2.45, 2.75) is 65.3 Å². The maximum Gasteiger partial charge on any atom is 0.266 e. The third-order valence-electron chi connectivity index (χ3n) is 7.09. The standard InChI is InChI=1S/C29H37N3O3/c1-20(2)19-31(27(33)18-17-22-11-5-6-12-22)21(3)28-30-24-14-8-7-13-23(24)29(34)32(28)25-15-9-10-16-26(25)35-4/h7-10,13-16,20-22H,5-6,11-12,17-19H2,1-4H3. The number of aromatic nitrogens is 2. The molecule has 2 aromatic carbocycles. The lowest BCUT2D eigenvalue weighted by atomic mass is 10.0. The summed E-state index contributed by atoms with van der Waals surface area (Å²) in [6, 6.07) is 14.5. The number of methoxy groups -OCH3 is 1. The van der Waals surface area contributed by atoms with Crippen LogP contribution in [-0.2, 0) is 4.79 Å². The minimum atomic E-state index is -0.379. The first kappa shape index (κ1) is 25.0. The van der Waals surface area contributed by atoms with Gasteiger partial charge < -0.3 is 9.64 Å². The second-order valence-corrected chi connectivity index (χ2v) is 10.1. The summed E-state index contributed by atoms with van der Waals surface area (Å²) < 4.78 is 7.23. The molecule has 1 unspecified atom stereocenters. The van der Waals surface area contributed by atoms with Crippen LogP contribution in [0.4, 0.5) is 0 Å². The summed E-state index contributed by atoms with van der Waals surface area (Å²) >= 11 is 0. The first-order valence-electron chi connectivity index (χ1n) is 12.8. The highest BCUT2D eigenvalue weighted by atomic mass is 16.5. The number of rotatable bonds is 9. The molecule has 4 rings (SSSR count). The van der Waals surface area contributed by atoms with Crippen LogP contribution in [-0.4, -0.2) is 34.0 Å². The zero-order valence-corrected chi connectivity index (χ0v) is 21.4. The van der Waals surface area contributed by atoms with Crippen molar-refractivity contribution < 1.29 is 9.53 Å². The fraction of sp³-hybridized carbons (Fsp3) is 0.483. The van der Waals surface area contributed by atoms with Crippen LogP contribution in [0.2, 0.25) is 0 Å². The van der Waals surface area contributed by atoms with E-state index < -0.39 is 0 Å². The molecular weight excluding hydrogens is 438 g/mol. The Bertz CT molecular complexity index is 1230. The summed E-state index contributed by atoms with van der Waals surface area (Å²) in [4.78, 5) is 34.2. The third-order valence-corrected chi connectivity index (χ3v) is 7.09. The number of hydrogen-bond acceptors (Lipinski definition) is 4. The van der Waals surface area contributed by atoms with Crippen molar-refractivity contribution in [3.63, 3.8) is 0 Å². The molecule has 0 bridgehead atoms. The van der Waals surface area contributed by atoms with Gasteiger partial charge in [-0.05, 0) is 49.4 Å². The number of carbonyl (C=O) groups is 1. The number of para-hydroxylation sites is 3. The van der Waals surface area contributed by atoms with E-state index in [1.807, 2.05) is 54.3 Å². The average Bonchev–Trinajstić information content (AvgIpc) is 3.39. The van der Waals surface area contributed by atoms with Gasteiger partial charge in [0.2, 0.25) is 5.91 Å². The molecule has 0 radical (unpaired) electrons. The molecule has 1 saturated carbocycles. The summed E-state index contributed by atoms with van der Waals surface area (Å²) in [5.74, 6) is 2.21. The Morgan fingerprint density at radius 1 is 1.09 bits per heavy atom. The molecule has 1 aliphatic rings. The van der Waals surface area contributed by atoms with Gasteiger partial charge in [-0.1, -0.05) is 63.8 Å². The molecule has 6 heteroatoms. The maximum absolute atomic E-state index is 13.8. The molecule has 1 amide bonds. The number of fused-ring (bicyclic) bond motifs is 1. The fourth-order valence-corrected chi connectivity index (χ4v) is 5.26. The Balaban J connectivity index is 1.80. The van der Waals surface area contributed by atoms with Gasteiger partial charge in [-0.25, -0.2) is 4.98 Å². The lowest BCUT2D eigenvalue weighted by Gasteiger charge is -2.32. The molecule has 1 aromatic heterocycles. The Kier molecular flexibility index (Phi) is 7.89. The summed E-state index contributed by atoms with van der Waals surface area (Å²) in [5.41, 5.74) is 1.10. The quantitative estimate of drug-likeness (QED) is 0.386. The van der Waals surface area contributed by atoms with E-state index in [9.17, 15) is 9.59 Å². The third kappa shape index (κ3) is 5.42. The molecule has 3 aromatic rings. The number of ether oxygens (including phenoxy) is 1. The van der Waals surface area contributed by atoms with E-state index >= 15 is 0 Å². The number of benzene rings is 2. The molecule has 1 fully saturated rings. The van der Waals surface area contributed by atoms with Gasteiger partial charge in [-0.15, -0.1) is 0 Å². The summed E-state index contributed by atoms with van der Waals surface area (Å²) in [6.07, 6.45) is 6.48. The first-order chi connectivity index (χ1) is 16.9. The van der Waals surface area contributed by atoms with E-state index in [1.165, 1.54) is 25.7 Å². The van der Waals surface area contributed by atoms with Crippen molar-refractivity contribution in [3.05, 3.63) is 64.7 Å². The van der Waals surface area contributed by atoms with Crippen molar-refractivity contribution >= 4 is 16.8 Å². The highest BCUT2D eigenvalue weighted by Crippen LogP contribution is 2.31. The molecule has 0 saturated heterocycles. The Morgan fingerprint density at radius 3 is 2.49 bits per heavy atom. The number of carbonyl (C=O) groups excluding carboxylic acids is 1. The van der Waals surface area contributed by atoms with Crippen LogP contribution in [0, 0.1) is 11.8 Å². The van der Waals surface area contributed by atoms with E-state index in [4.69, 9.17) is 9.72 Å². The van der Waals surface area contributed by atoms with Crippen LogP contribution in [0.25, 0.3) is 16.6 Å². The zero-order valence-electron chi connectivity index (χ0n) is 21.4. The van der Waals surface area contributed by atoms with Crippen molar-refractivity contribution in [1.82, 2.24) is 14.5 Å². The molecule has 6 nitrogen and oxygen atoms in total. The predicted octanol–water partition coefficient (Wildman–Crippen LogP) is 5.91. The number of amides is 1. The molecule has 1 aliphatic carbocycles. The Morgan fingerprint density at radius 2 is 1.77 bits per heavy atom. The van der Waals surface area contributed by atoms with Gasteiger partial charge in [0.1, 0.15) is 11.6 Å². The first-order valence-corrected chi connectivity index (χ1v) is 12.8. The van der Waals surface area contributed by atoms with E-state index in [0.29, 0.717) is 53.0 Å². The van der Waals surface area contributed by atoms with Crippen molar-refractivity contribution in [2.24, 2.45) is 11.8 Å². The molecule has 1 atom stereocenters. The van der Waals surface area contributed by atoms with E-state index in [0.717, 1.165) is 6.42 Å². The van der Waals surface area contributed by atoms with Gasteiger partial charge in [-0.3, -0.25) is 14.2 Å². The van der Waals surface area contributed by atoms with E-state index in [-0.39, 0.29) is 17.5 Å². The Labute approximate surface area is 207 Å². The summed E-state index contributed by atoms with van der Waals surface area (Å²) in [7, 11) is 1.60. The van der Waals surface area contributed by atoms with Gasteiger partial charge >= 0.3 is 0 Å². The second-order valence-electron chi connectivity index (χ2n) is 10.1. The highest BCUT2D eigenvalue weighted by molar-refractivity contribution is 5.79. The number of nitrogens with zero attached hydrogens (tertiary/aromatic N) is 3. The van der Waals surface area contributed by atoms with Gasteiger partial charge in [0.05, 0.1) is 29.7 Å². The molecule has 1 heterocycles. The largest absolute Gasteiger partial charge is 0.495 e. The minimum Gasteiger partial charge on any atom is -0.495 e. The molecule has 0 aliphatic heterocycles. The highest BCUT2D eigenvalue weighted by Gasteiger charge is 2.28. The SMILES string of the molecule is COc1ccccc1-n1c(C(C)N(CC(C)C)C(=O)CCC2CCCC2)nc2ccccc2c1=O. The lowest BCUT2D eigenvalue weighted by molar-refractivity contribution is -0.134. The van der Waals surface area contributed by atoms with Crippen LogP contribution in [0.5, 0.6) is 5.75 Å². The summed E-state index contributed by atoms with van der Waals surface area (Å²) in [5, 5.41) is 0.539. The van der Waals surface area contributed by atoms with E-state index in [2.05, 4.69) is 13.8 Å². The van der Waals surface area contributed by atoms with Crippen LogP contribution in [0.15, 0.2) is 53.3 Å². The molecule has 186 valence electrons. The summed E-state index contributed by atoms with van der Waals surface area (Å²) in [6.45, 7) is 6.83. The maximum atomic E-state index is 13.8.